The highest BCUT2D eigenvalue weighted by Crippen LogP contribution is 2.62. The van der Waals surface area contributed by atoms with E-state index >= 15 is 0 Å². The topological polar surface area (TPSA) is 46.5 Å². The summed E-state index contributed by atoms with van der Waals surface area (Å²) in [7, 11) is 0. The lowest BCUT2D eigenvalue weighted by Gasteiger charge is -2.48. The predicted octanol–water partition coefficient (Wildman–Crippen LogP) is 3.09. The van der Waals surface area contributed by atoms with E-state index in [1.54, 1.807) is 0 Å². The third-order valence-corrected chi connectivity index (χ3v) is 5.85. The highest BCUT2D eigenvalue weighted by molar-refractivity contribution is 5.79. The van der Waals surface area contributed by atoms with Gasteiger partial charge in [-0.25, -0.2) is 0 Å². The van der Waals surface area contributed by atoms with E-state index in [1.165, 1.54) is 0 Å². The van der Waals surface area contributed by atoms with Crippen molar-refractivity contribution in [3.8, 4) is 0 Å². The van der Waals surface area contributed by atoms with E-state index in [0.29, 0.717) is 0 Å². The minimum Gasteiger partial charge on any atom is -0.458 e. The van der Waals surface area contributed by atoms with Crippen LogP contribution in [0.3, 0.4) is 0 Å². The average Bonchev–Trinajstić information content (AvgIpc) is 2.58. The molecule has 4 atom stereocenters. The summed E-state index contributed by atoms with van der Waals surface area (Å²) in [5.74, 6) is 0.0524. The number of fused-ring (bicyclic) bond motifs is 2. The van der Waals surface area contributed by atoms with E-state index < -0.39 is 17.6 Å². The first-order valence-electron chi connectivity index (χ1n) is 7.32. The molecule has 1 N–H and O–H groups in total. The van der Waals surface area contributed by atoms with Gasteiger partial charge in [-0.15, -0.1) is 0 Å². The van der Waals surface area contributed by atoms with Crippen LogP contribution in [-0.4, -0.2) is 17.2 Å². The van der Waals surface area contributed by atoms with E-state index in [4.69, 9.17) is 4.74 Å². The smallest absolute Gasteiger partial charge is 0.312 e. The second-order valence-corrected chi connectivity index (χ2v) is 6.92. The molecule has 0 aromatic heterocycles. The van der Waals surface area contributed by atoms with Crippen molar-refractivity contribution in [3.63, 3.8) is 0 Å². The van der Waals surface area contributed by atoms with Gasteiger partial charge in [0.2, 0.25) is 0 Å². The zero-order valence-corrected chi connectivity index (χ0v) is 12.3. The summed E-state index contributed by atoms with van der Waals surface area (Å²) in [6.45, 7) is 6.27. The SMILES string of the molecule is CC1(C)[C@H]2CC[C@]1(C)C(=O)O[C@@H]2[C@H](O)c1ccccc1. The number of aliphatic hydroxyl groups excluding tert-OH is 1. The lowest BCUT2D eigenvalue weighted by molar-refractivity contribution is -0.198. The molecule has 3 heteroatoms. The third-order valence-electron chi connectivity index (χ3n) is 5.85. The second kappa shape index (κ2) is 4.32. The number of benzene rings is 1. The minimum absolute atomic E-state index is 0.136. The Hall–Kier alpha value is -1.35. The van der Waals surface area contributed by atoms with Crippen LogP contribution in [0.4, 0.5) is 0 Å². The molecule has 1 saturated heterocycles. The zero-order chi connectivity index (χ0) is 14.5. The zero-order valence-electron chi connectivity index (χ0n) is 12.3. The molecule has 2 bridgehead atoms. The Morgan fingerprint density at radius 1 is 1.25 bits per heavy atom. The Kier molecular flexibility index (Phi) is 2.94. The highest BCUT2D eigenvalue weighted by atomic mass is 16.6. The summed E-state index contributed by atoms with van der Waals surface area (Å²) in [5, 5.41) is 10.6. The molecule has 1 heterocycles. The first-order valence-corrected chi connectivity index (χ1v) is 7.32. The number of hydrogen-bond acceptors (Lipinski definition) is 3. The van der Waals surface area contributed by atoms with Gasteiger partial charge in [0.05, 0.1) is 5.41 Å². The number of aliphatic hydroxyl groups is 1. The van der Waals surface area contributed by atoms with Crippen LogP contribution < -0.4 is 0 Å². The maximum Gasteiger partial charge on any atom is 0.312 e. The largest absolute Gasteiger partial charge is 0.458 e. The van der Waals surface area contributed by atoms with E-state index in [1.807, 2.05) is 37.3 Å². The molecule has 1 aliphatic carbocycles. The van der Waals surface area contributed by atoms with Crippen LogP contribution in [0.5, 0.6) is 0 Å². The van der Waals surface area contributed by atoms with Gasteiger partial charge in [-0.3, -0.25) is 4.79 Å². The van der Waals surface area contributed by atoms with Crippen molar-refractivity contribution < 1.29 is 14.6 Å². The summed E-state index contributed by atoms with van der Waals surface area (Å²) in [4.78, 5) is 12.4. The summed E-state index contributed by atoms with van der Waals surface area (Å²) < 4.78 is 5.64. The number of esters is 1. The van der Waals surface area contributed by atoms with Gasteiger partial charge >= 0.3 is 5.97 Å². The lowest BCUT2D eigenvalue weighted by atomic mass is 9.62. The van der Waals surface area contributed by atoms with Crippen molar-refractivity contribution in [3.05, 3.63) is 35.9 Å². The molecule has 0 spiro atoms. The molecule has 1 aromatic rings. The van der Waals surface area contributed by atoms with Crippen molar-refractivity contribution in [1.82, 2.24) is 0 Å². The van der Waals surface area contributed by atoms with Gasteiger partial charge in [0.25, 0.3) is 0 Å². The van der Waals surface area contributed by atoms with Crippen molar-refractivity contribution in [2.24, 2.45) is 16.7 Å². The summed E-state index contributed by atoms with van der Waals surface area (Å²) in [6, 6.07) is 9.47. The second-order valence-electron chi connectivity index (χ2n) is 6.92. The predicted molar refractivity (Wildman–Crippen MR) is 75.9 cm³/mol. The van der Waals surface area contributed by atoms with Crippen molar-refractivity contribution in [1.29, 1.82) is 0 Å². The van der Waals surface area contributed by atoms with Crippen LogP contribution in [0.2, 0.25) is 0 Å². The molecule has 2 aliphatic rings. The molecule has 2 fully saturated rings. The van der Waals surface area contributed by atoms with E-state index in [-0.39, 0.29) is 17.3 Å². The standard InChI is InChI=1S/C17H22O3/c1-16(2)12-9-10-17(16,3)15(19)20-14(12)13(18)11-7-5-4-6-8-11/h4-8,12-14,18H,9-10H2,1-3H3/t12-,13+,14-,17+/m0/s1. The Morgan fingerprint density at radius 2 is 1.90 bits per heavy atom. The first kappa shape index (κ1) is 13.6. The molecule has 1 aromatic carbocycles. The molecule has 3 nitrogen and oxygen atoms in total. The van der Waals surface area contributed by atoms with Crippen molar-refractivity contribution in [2.45, 2.75) is 45.8 Å². The number of ether oxygens (including phenoxy) is 1. The Labute approximate surface area is 120 Å². The molecular formula is C17H22O3. The van der Waals surface area contributed by atoms with Gasteiger partial charge in [-0.2, -0.15) is 0 Å². The van der Waals surface area contributed by atoms with Gasteiger partial charge in [0.15, 0.2) is 0 Å². The van der Waals surface area contributed by atoms with E-state index in [2.05, 4.69) is 13.8 Å². The molecule has 0 amide bonds. The fourth-order valence-corrected chi connectivity index (χ4v) is 3.94. The summed E-state index contributed by atoms with van der Waals surface area (Å²) in [5.41, 5.74) is 0.268. The van der Waals surface area contributed by atoms with Crippen LogP contribution in [0.15, 0.2) is 30.3 Å². The summed E-state index contributed by atoms with van der Waals surface area (Å²) in [6.07, 6.45) is 0.605. The fourth-order valence-electron chi connectivity index (χ4n) is 3.94. The lowest BCUT2D eigenvalue weighted by Crippen LogP contribution is -2.53. The number of carbonyl (C=O) groups is 1. The molecule has 3 rings (SSSR count). The molecule has 0 radical (unpaired) electrons. The monoisotopic (exact) mass is 274 g/mol. The van der Waals surface area contributed by atoms with Crippen LogP contribution in [0, 0.1) is 16.7 Å². The maximum atomic E-state index is 12.4. The van der Waals surface area contributed by atoms with Crippen molar-refractivity contribution in [2.75, 3.05) is 0 Å². The van der Waals surface area contributed by atoms with Gasteiger partial charge in [-0.1, -0.05) is 44.2 Å². The summed E-state index contributed by atoms with van der Waals surface area (Å²) >= 11 is 0. The van der Waals surface area contributed by atoms with Gasteiger partial charge in [0.1, 0.15) is 12.2 Å². The van der Waals surface area contributed by atoms with Crippen LogP contribution in [-0.2, 0) is 9.53 Å². The van der Waals surface area contributed by atoms with Crippen molar-refractivity contribution >= 4 is 5.97 Å². The Balaban J connectivity index is 1.95. The first-order chi connectivity index (χ1) is 9.38. The van der Waals surface area contributed by atoms with Gasteiger partial charge in [-0.05, 0) is 30.7 Å². The Bertz CT molecular complexity index is 522. The molecule has 0 unspecified atom stereocenters. The molecule has 20 heavy (non-hydrogen) atoms. The minimum atomic E-state index is -0.743. The molecular weight excluding hydrogens is 252 g/mol. The fraction of sp³-hybridized carbons (Fsp3) is 0.588. The Morgan fingerprint density at radius 3 is 2.55 bits per heavy atom. The van der Waals surface area contributed by atoms with Crippen LogP contribution in [0.25, 0.3) is 0 Å². The van der Waals surface area contributed by atoms with E-state index in [9.17, 15) is 9.90 Å². The van der Waals surface area contributed by atoms with E-state index in [0.717, 1.165) is 18.4 Å². The average molecular weight is 274 g/mol. The number of cyclic esters (lactones) is 1. The molecule has 108 valence electrons. The number of rotatable bonds is 2. The van der Waals surface area contributed by atoms with Crippen LogP contribution in [0.1, 0.15) is 45.3 Å². The quantitative estimate of drug-likeness (QED) is 0.843. The molecule has 1 aliphatic heterocycles. The van der Waals surface area contributed by atoms with Crippen LogP contribution >= 0.6 is 0 Å². The normalized spacial score (nSPS) is 36.5. The van der Waals surface area contributed by atoms with Gasteiger partial charge < -0.3 is 9.84 Å². The number of carbonyl (C=O) groups excluding carboxylic acids is 1. The molecule has 1 saturated carbocycles. The number of hydrogen-bond donors (Lipinski definition) is 1. The third kappa shape index (κ3) is 1.65. The van der Waals surface area contributed by atoms with Gasteiger partial charge in [0, 0.05) is 5.92 Å². The maximum absolute atomic E-state index is 12.4. The highest BCUT2D eigenvalue weighted by Gasteiger charge is 2.64.